The quantitative estimate of drug-likeness (QED) is 0.0779. The number of anilines is 6. The number of hydrogen-bond acceptors (Lipinski definition) is 8. The van der Waals surface area contributed by atoms with Crippen molar-refractivity contribution in [1.82, 2.24) is 19.1 Å². The molecule has 0 spiro atoms. The van der Waals surface area contributed by atoms with Gasteiger partial charge in [0.05, 0.1) is 33.1 Å². The fourth-order valence-corrected chi connectivity index (χ4v) is 8.49. The molecule has 8 rings (SSSR count). The molecule has 14 nitrogen and oxygen atoms in total. The molecular weight excluding hydrogens is 959 g/mol. The first-order chi connectivity index (χ1) is 33.4. The molecule has 0 fully saturated rings. The molecule has 8 aromatic rings. The second kappa shape index (κ2) is 19.5. The fourth-order valence-electron chi connectivity index (χ4n) is 8.02. The number of pyridine rings is 4. The number of nitrogens with zero attached hydrogens (tertiary/aromatic N) is 6. The number of hydrogen-bond donors (Lipinski definition) is 4. The highest BCUT2D eigenvalue weighted by molar-refractivity contribution is 6.33. The Bertz CT molecular complexity index is 3560. The highest BCUT2D eigenvalue weighted by atomic mass is 35.5. The molecule has 0 unspecified atom stereocenters. The molecule has 358 valence electrons. The van der Waals surface area contributed by atoms with Crippen LogP contribution in [0.2, 0.25) is 10.0 Å². The summed E-state index contributed by atoms with van der Waals surface area (Å²) in [6, 6.07) is 11.8. The van der Waals surface area contributed by atoms with Gasteiger partial charge in [0.1, 0.15) is 40.6 Å². The molecule has 0 bridgehead atoms. The van der Waals surface area contributed by atoms with Crippen molar-refractivity contribution in [1.29, 1.82) is 0 Å². The number of aromatic nitrogens is 4. The summed E-state index contributed by atoms with van der Waals surface area (Å²) in [6.45, 7) is 5.38. The maximum atomic E-state index is 16.8. The Morgan fingerprint density at radius 2 is 1.16 bits per heavy atom. The van der Waals surface area contributed by atoms with Gasteiger partial charge < -0.3 is 30.4 Å². The van der Waals surface area contributed by atoms with Gasteiger partial charge in [0.2, 0.25) is 0 Å². The first-order valence-electron chi connectivity index (χ1n) is 21.3. The van der Waals surface area contributed by atoms with E-state index in [0.29, 0.717) is 50.6 Å². The predicted molar refractivity (Wildman–Crippen MR) is 264 cm³/mol. The molecule has 0 radical (unpaired) electrons. The number of rotatable bonds is 10. The van der Waals surface area contributed by atoms with Crippen LogP contribution in [-0.4, -0.2) is 45.3 Å². The lowest BCUT2D eigenvalue weighted by Crippen LogP contribution is -2.54. The average molecular weight is 998 g/mol. The Morgan fingerprint density at radius 1 is 0.600 bits per heavy atom. The first kappa shape index (κ1) is 48.4. The van der Waals surface area contributed by atoms with Crippen LogP contribution in [-0.2, 0) is 13.1 Å². The number of benzene rings is 4. The van der Waals surface area contributed by atoms with Crippen molar-refractivity contribution < 1.29 is 31.5 Å². The fraction of sp³-hybridized carbons (Fsp3) is 0.143. The summed E-state index contributed by atoms with van der Waals surface area (Å²) in [6.07, 6.45) is 3.03. The highest BCUT2D eigenvalue weighted by Crippen LogP contribution is 2.38. The van der Waals surface area contributed by atoms with E-state index in [1.54, 1.807) is 52.3 Å². The minimum atomic E-state index is -1.57. The molecule has 4 aromatic carbocycles. The van der Waals surface area contributed by atoms with Crippen LogP contribution >= 0.6 is 23.2 Å². The van der Waals surface area contributed by atoms with Gasteiger partial charge in [-0.2, -0.15) is 10.0 Å². The van der Waals surface area contributed by atoms with Crippen molar-refractivity contribution in [3.63, 3.8) is 0 Å². The minimum Gasteiger partial charge on any atom is -0.373 e. The number of nitrogens with one attached hydrogen (secondary N) is 4. The molecule has 4 aromatic heterocycles. The van der Waals surface area contributed by atoms with Crippen molar-refractivity contribution in [2.45, 2.75) is 33.9 Å². The molecule has 70 heavy (non-hydrogen) atoms. The molecule has 0 atom stereocenters. The van der Waals surface area contributed by atoms with Gasteiger partial charge >= 0.3 is 12.1 Å². The summed E-state index contributed by atoms with van der Waals surface area (Å²) in [5, 5.41) is 11.3. The molecule has 0 aliphatic carbocycles. The van der Waals surface area contributed by atoms with E-state index in [-0.39, 0.29) is 56.0 Å². The van der Waals surface area contributed by atoms with Crippen molar-refractivity contribution in [2.75, 3.05) is 45.4 Å². The van der Waals surface area contributed by atoms with E-state index in [0.717, 1.165) is 48.5 Å². The number of hydrazine groups is 1. The lowest BCUT2D eigenvalue weighted by atomic mass is 9.99. The summed E-state index contributed by atoms with van der Waals surface area (Å²) in [4.78, 5) is 66.8. The molecule has 4 heterocycles. The Morgan fingerprint density at radius 3 is 1.71 bits per heavy atom. The van der Waals surface area contributed by atoms with E-state index in [1.165, 1.54) is 28.3 Å². The Kier molecular flexibility index (Phi) is 13.5. The number of amides is 4. The zero-order valence-corrected chi connectivity index (χ0v) is 39.1. The van der Waals surface area contributed by atoms with Crippen LogP contribution in [0.5, 0.6) is 0 Å². The number of carbonyl (C=O) groups excluding carboxylic acids is 2. The highest BCUT2D eigenvalue weighted by Gasteiger charge is 2.35. The van der Waals surface area contributed by atoms with Crippen molar-refractivity contribution in [3.05, 3.63) is 163 Å². The number of halogens is 7. The largest absolute Gasteiger partial charge is 0.373 e. The monoisotopic (exact) mass is 996 g/mol. The predicted octanol–water partition coefficient (Wildman–Crippen LogP) is 11.6. The number of urea groups is 2. The Labute approximate surface area is 404 Å². The smallest absolute Gasteiger partial charge is 0.346 e. The van der Waals surface area contributed by atoms with Gasteiger partial charge in [-0.1, -0.05) is 23.2 Å². The maximum absolute atomic E-state index is 16.8. The molecule has 0 saturated heterocycles. The van der Waals surface area contributed by atoms with E-state index in [1.807, 2.05) is 0 Å². The van der Waals surface area contributed by atoms with Gasteiger partial charge in [-0.25, -0.2) is 41.5 Å². The average Bonchev–Trinajstić information content (AvgIpc) is 3.32. The molecule has 0 saturated carbocycles. The van der Waals surface area contributed by atoms with Crippen LogP contribution in [0, 0.1) is 36.0 Å². The third kappa shape index (κ3) is 9.15. The van der Waals surface area contributed by atoms with Crippen molar-refractivity contribution >= 4 is 91.5 Å². The molecule has 21 heteroatoms. The van der Waals surface area contributed by atoms with Crippen LogP contribution in [0.15, 0.2) is 107 Å². The standard InChI is InChI=1S/C49H39Cl2F5N10O4/c1-6-63-41-20-44(57-4)59-22-25(41)11-33(46(63)67)31-17-40(37(55)10-24(31)3)62-48(69)65(30-14-27(50)13-29(53)15-30)66(49(70)61-39-16-28(52)8-9-36(39)54)43-18-32(35(51)19-38(43)56)34-12-26-23-60-45(58-5)21-42(26)64(7-2)47(34)68/h8-23H,6-7H2,1-5H3,(H,57,59)(H,58,60)(H,61,70)(H,62,69). The third-order valence-corrected chi connectivity index (χ3v) is 11.9. The topological polar surface area (TPSA) is 159 Å². The van der Waals surface area contributed by atoms with E-state index in [4.69, 9.17) is 23.2 Å². The van der Waals surface area contributed by atoms with Crippen LogP contribution in [0.1, 0.15) is 19.4 Å². The number of carbonyl (C=O) groups is 2. The second-order valence-corrected chi connectivity index (χ2v) is 16.5. The summed E-state index contributed by atoms with van der Waals surface area (Å²) in [5.41, 5.74) is -2.64. The van der Waals surface area contributed by atoms with E-state index in [2.05, 4.69) is 31.2 Å². The van der Waals surface area contributed by atoms with E-state index < -0.39 is 75.0 Å². The number of fused-ring (bicyclic) bond motifs is 2. The van der Waals surface area contributed by atoms with E-state index >= 15 is 22.4 Å². The maximum Gasteiger partial charge on any atom is 0.346 e. The van der Waals surface area contributed by atoms with Crippen molar-refractivity contribution in [2.24, 2.45) is 0 Å². The van der Waals surface area contributed by atoms with Gasteiger partial charge in [-0.3, -0.25) is 9.59 Å². The normalized spacial score (nSPS) is 11.2. The molecule has 0 aliphatic rings. The molecule has 4 N–H and O–H groups in total. The summed E-state index contributed by atoms with van der Waals surface area (Å²) < 4.78 is 81.2. The van der Waals surface area contributed by atoms with Gasteiger partial charge in [-0.05, 0) is 98.6 Å². The van der Waals surface area contributed by atoms with Gasteiger partial charge in [0.25, 0.3) is 11.1 Å². The summed E-state index contributed by atoms with van der Waals surface area (Å²) in [7, 11) is 3.32. The molecule has 4 amide bonds. The SMILES string of the molecule is CCn1c(=O)c(-c2cc(NC(=O)N(c3cc(F)cc(Cl)c3)N(C(=O)Nc3cc(F)ccc3F)c3cc(-c4cc5cnc(NC)cc5n(CC)c4=O)c(Cl)cc3F)c(F)cc2C)cc2cnc(NC)cc21. The minimum absolute atomic E-state index is 0.0955. The van der Waals surface area contributed by atoms with Gasteiger partial charge in [0.15, 0.2) is 5.82 Å². The summed E-state index contributed by atoms with van der Waals surface area (Å²) >= 11 is 13.0. The number of aryl methyl sites for hydroxylation is 3. The first-order valence-corrected chi connectivity index (χ1v) is 22.1. The van der Waals surface area contributed by atoms with Crippen molar-refractivity contribution in [3.8, 4) is 22.3 Å². The lowest BCUT2D eigenvalue weighted by Gasteiger charge is -2.35. The van der Waals surface area contributed by atoms with Crippen LogP contribution in [0.4, 0.5) is 65.9 Å². The zero-order valence-electron chi connectivity index (χ0n) is 37.6. The second-order valence-electron chi connectivity index (χ2n) is 15.6. The Hall–Kier alpha value is -8.03. The van der Waals surface area contributed by atoms with E-state index in [9.17, 15) is 18.8 Å². The lowest BCUT2D eigenvalue weighted by molar-refractivity contribution is 0.248. The molecule has 0 aliphatic heterocycles. The summed E-state index contributed by atoms with van der Waals surface area (Å²) in [5.74, 6) is -4.65. The van der Waals surface area contributed by atoms with Crippen LogP contribution < -0.4 is 42.4 Å². The third-order valence-electron chi connectivity index (χ3n) is 11.3. The van der Waals surface area contributed by atoms with Gasteiger partial charge in [-0.15, -0.1) is 0 Å². The Balaban J connectivity index is 1.34. The van der Waals surface area contributed by atoms with Crippen LogP contribution in [0.25, 0.3) is 44.1 Å². The molecular formula is C49H39Cl2F5N10O4. The van der Waals surface area contributed by atoms with Gasteiger partial charge in [0, 0.05) is 90.3 Å². The van der Waals surface area contributed by atoms with Crippen LogP contribution in [0.3, 0.4) is 0 Å². The zero-order chi connectivity index (χ0) is 50.3.